The van der Waals surface area contributed by atoms with Crippen molar-refractivity contribution in [3.63, 3.8) is 0 Å². The van der Waals surface area contributed by atoms with Gasteiger partial charge in [0.05, 0.1) is 5.92 Å². The molecule has 1 heterocycles. The van der Waals surface area contributed by atoms with Crippen LogP contribution in [-0.4, -0.2) is 36.5 Å². The van der Waals surface area contributed by atoms with E-state index in [-0.39, 0.29) is 5.92 Å². The molecule has 0 aliphatic carbocycles. The molecule has 2 unspecified atom stereocenters. The predicted octanol–water partition coefficient (Wildman–Crippen LogP) is 2.12. The lowest BCUT2D eigenvalue weighted by Gasteiger charge is -2.35. The summed E-state index contributed by atoms with van der Waals surface area (Å²) in [7, 11) is 0. The van der Waals surface area contributed by atoms with E-state index in [1.54, 1.807) is 0 Å². The molecule has 1 aliphatic rings. The van der Waals surface area contributed by atoms with Gasteiger partial charge in [0.1, 0.15) is 0 Å². The van der Waals surface area contributed by atoms with Gasteiger partial charge in [0.25, 0.3) is 0 Å². The molecule has 1 amide bonds. The van der Waals surface area contributed by atoms with E-state index in [0.29, 0.717) is 23.8 Å². The van der Waals surface area contributed by atoms with Crippen LogP contribution in [0.25, 0.3) is 0 Å². The standard InChI is InChI=1S/C14H28N2O/c1-10(2)9-16(11(3)4)14(17)13-6-12(5)7-15-8-13/h10-13,15H,6-9H2,1-5H3. The van der Waals surface area contributed by atoms with Gasteiger partial charge in [0.2, 0.25) is 5.91 Å². The minimum Gasteiger partial charge on any atom is -0.340 e. The fourth-order valence-corrected chi connectivity index (χ4v) is 2.53. The Bertz CT molecular complexity index is 251. The molecule has 3 heteroatoms. The summed E-state index contributed by atoms with van der Waals surface area (Å²) in [4.78, 5) is 14.6. The zero-order valence-corrected chi connectivity index (χ0v) is 12.0. The Labute approximate surface area is 106 Å². The average Bonchev–Trinajstić information content (AvgIpc) is 2.24. The largest absolute Gasteiger partial charge is 0.340 e. The Hall–Kier alpha value is -0.570. The minimum absolute atomic E-state index is 0.180. The SMILES string of the molecule is CC(C)CN(C(=O)C1CNCC(C)C1)C(C)C. The van der Waals surface area contributed by atoms with Crippen molar-refractivity contribution in [2.75, 3.05) is 19.6 Å². The molecular weight excluding hydrogens is 212 g/mol. The van der Waals surface area contributed by atoms with Crippen molar-refractivity contribution in [2.45, 2.75) is 47.1 Å². The third kappa shape index (κ3) is 4.30. The fraction of sp³-hybridized carbons (Fsp3) is 0.929. The van der Waals surface area contributed by atoms with Crippen molar-refractivity contribution in [2.24, 2.45) is 17.8 Å². The second-order valence-electron chi connectivity index (χ2n) is 6.17. The van der Waals surface area contributed by atoms with Gasteiger partial charge >= 0.3 is 0 Å². The summed E-state index contributed by atoms with van der Waals surface area (Å²) in [5, 5.41) is 3.37. The van der Waals surface area contributed by atoms with Gasteiger partial charge in [-0.3, -0.25) is 4.79 Å². The molecule has 0 spiro atoms. The minimum atomic E-state index is 0.180. The first-order chi connectivity index (χ1) is 7.91. The van der Waals surface area contributed by atoms with Crippen LogP contribution < -0.4 is 5.32 Å². The quantitative estimate of drug-likeness (QED) is 0.816. The molecule has 2 atom stereocenters. The van der Waals surface area contributed by atoms with Crippen LogP contribution in [-0.2, 0) is 4.79 Å². The van der Waals surface area contributed by atoms with E-state index >= 15 is 0 Å². The van der Waals surface area contributed by atoms with E-state index in [0.717, 1.165) is 26.1 Å². The monoisotopic (exact) mass is 240 g/mol. The number of carbonyl (C=O) groups is 1. The lowest BCUT2D eigenvalue weighted by Crippen LogP contribution is -2.48. The Morgan fingerprint density at radius 2 is 1.94 bits per heavy atom. The fourth-order valence-electron chi connectivity index (χ4n) is 2.53. The Morgan fingerprint density at radius 1 is 1.29 bits per heavy atom. The van der Waals surface area contributed by atoms with Crippen LogP contribution in [0.2, 0.25) is 0 Å². The summed E-state index contributed by atoms with van der Waals surface area (Å²) >= 11 is 0. The molecule has 1 rings (SSSR count). The number of nitrogens with zero attached hydrogens (tertiary/aromatic N) is 1. The van der Waals surface area contributed by atoms with Gasteiger partial charge in [-0.15, -0.1) is 0 Å². The molecule has 0 saturated carbocycles. The zero-order chi connectivity index (χ0) is 13.0. The molecule has 17 heavy (non-hydrogen) atoms. The van der Waals surface area contributed by atoms with Crippen LogP contribution in [0, 0.1) is 17.8 Å². The molecule has 3 nitrogen and oxygen atoms in total. The molecule has 0 aromatic heterocycles. The van der Waals surface area contributed by atoms with Gasteiger partial charge in [0, 0.05) is 19.1 Å². The van der Waals surface area contributed by atoms with E-state index in [1.165, 1.54) is 0 Å². The maximum Gasteiger partial charge on any atom is 0.227 e. The number of rotatable bonds is 4. The number of hydrogen-bond acceptors (Lipinski definition) is 2. The molecule has 0 bridgehead atoms. The highest BCUT2D eigenvalue weighted by atomic mass is 16.2. The number of amides is 1. The third-order valence-electron chi connectivity index (χ3n) is 3.39. The number of carbonyl (C=O) groups excluding carboxylic acids is 1. The van der Waals surface area contributed by atoms with Crippen LogP contribution in [0.3, 0.4) is 0 Å². The summed E-state index contributed by atoms with van der Waals surface area (Å²) in [5.74, 6) is 1.67. The summed E-state index contributed by atoms with van der Waals surface area (Å²) < 4.78 is 0. The smallest absolute Gasteiger partial charge is 0.227 e. The van der Waals surface area contributed by atoms with Crippen LogP contribution in [0.15, 0.2) is 0 Å². The first-order valence-corrected chi connectivity index (χ1v) is 6.93. The van der Waals surface area contributed by atoms with Gasteiger partial charge in [-0.05, 0) is 38.6 Å². The second kappa shape index (κ2) is 6.39. The second-order valence-corrected chi connectivity index (χ2v) is 6.17. The number of piperidine rings is 1. The molecular formula is C14H28N2O. The molecule has 0 radical (unpaired) electrons. The third-order valence-corrected chi connectivity index (χ3v) is 3.39. The summed E-state index contributed by atoms with van der Waals surface area (Å²) in [6, 6.07) is 0.308. The first-order valence-electron chi connectivity index (χ1n) is 6.93. The lowest BCUT2D eigenvalue weighted by atomic mass is 9.90. The molecule has 0 aromatic carbocycles. The van der Waals surface area contributed by atoms with Crippen molar-refractivity contribution in [1.29, 1.82) is 0 Å². The Morgan fingerprint density at radius 3 is 2.41 bits per heavy atom. The molecule has 0 aromatic rings. The van der Waals surface area contributed by atoms with Crippen molar-refractivity contribution in [1.82, 2.24) is 10.2 Å². The van der Waals surface area contributed by atoms with Gasteiger partial charge < -0.3 is 10.2 Å². The summed E-state index contributed by atoms with van der Waals surface area (Å²) in [6.07, 6.45) is 1.03. The highest BCUT2D eigenvalue weighted by molar-refractivity contribution is 5.79. The number of hydrogen-bond donors (Lipinski definition) is 1. The lowest BCUT2D eigenvalue weighted by molar-refractivity contribution is -0.138. The van der Waals surface area contributed by atoms with E-state index in [1.807, 2.05) is 0 Å². The molecule has 1 fully saturated rings. The van der Waals surface area contributed by atoms with Crippen molar-refractivity contribution in [3.05, 3.63) is 0 Å². The maximum absolute atomic E-state index is 12.5. The van der Waals surface area contributed by atoms with Crippen LogP contribution in [0.4, 0.5) is 0 Å². The van der Waals surface area contributed by atoms with E-state index in [2.05, 4.69) is 44.8 Å². The molecule has 1 aliphatic heterocycles. The van der Waals surface area contributed by atoms with Crippen molar-refractivity contribution < 1.29 is 4.79 Å². The highest BCUT2D eigenvalue weighted by Gasteiger charge is 2.29. The van der Waals surface area contributed by atoms with E-state index in [9.17, 15) is 4.79 Å². The van der Waals surface area contributed by atoms with Crippen molar-refractivity contribution in [3.8, 4) is 0 Å². The first kappa shape index (κ1) is 14.5. The Kier molecular flexibility index (Phi) is 5.44. The summed E-state index contributed by atoms with van der Waals surface area (Å²) in [6.45, 7) is 13.6. The van der Waals surface area contributed by atoms with Gasteiger partial charge in [-0.25, -0.2) is 0 Å². The number of nitrogens with one attached hydrogen (secondary N) is 1. The van der Waals surface area contributed by atoms with E-state index in [4.69, 9.17) is 0 Å². The Balaban J connectivity index is 2.63. The van der Waals surface area contributed by atoms with Crippen LogP contribution >= 0.6 is 0 Å². The maximum atomic E-state index is 12.5. The normalized spacial score (nSPS) is 25.4. The topological polar surface area (TPSA) is 32.3 Å². The van der Waals surface area contributed by atoms with Crippen molar-refractivity contribution >= 4 is 5.91 Å². The predicted molar refractivity (Wildman–Crippen MR) is 71.8 cm³/mol. The van der Waals surface area contributed by atoms with Gasteiger partial charge in [-0.1, -0.05) is 20.8 Å². The molecule has 1 N–H and O–H groups in total. The molecule has 100 valence electrons. The zero-order valence-electron chi connectivity index (χ0n) is 12.0. The molecule has 1 saturated heterocycles. The average molecular weight is 240 g/mol. The van der Waals surface area contributed by atoms with Gasteiger partial charge in [0.15, 0.2) is 0 Å². The van der Waals surface area contributed by atoms with Crippen LogP contribution in [0.1, 0.15) is 41.0 Å². The highest BCUT2D eigenvalue weighted by Crippen LogP contribution is 2.20. The van der Waals surface area contributed by atoms with Crippen LogP contribution in [0.5, 0.6) is 0 Å². The van der Waals surface area contributed by atoms with E-state index < -0.39 is 0 Å². The summed E-state index contributed by atoms with van der Waals surface area (Å²) in [5.41, 5.74) is 0. The van der Waals surface area contributed by atoms with Gasteiger partial charge in [-0.2, -0.15) is 0 Å².